The van der Waals surface area contributed by atoms with Gasteiger partial charge < -0.3 is 20.1 Å². The van der Waals surface area contributed by atoms with Crippen molar-refractivity contribution in [2.75, 3.05) is 25.6 Å². The zero-order valence-electron chi connectivity index (χ0n) is 18.8. The molecule has 4 heterocycles. The molecule has 4 aromatic rings. The Morgan fingerprint density at radius 2 is 2.23 bits per heavy atom. The second-order valence-corrected chi connectivity index (χ2v) is 8.40. The van der Waals surface area contributed by atoms with E-state index in [9.17, 15) is 9.59 Å². The molecule has 0 spiro atoms. The molecule has 180 valence electrons. The third-order valence-corrected chi connectivity index (χ3v) is 5.79. The smallest absolute Gasteiger partial charge is 0.261 e. The zero-order valence-corrected chi connectivity index (χ0v) is 19.5. The van der Waals surface area contributed by atoms with E-state index in [1.807, 2.05) is 0 Å². The van der Waals surface area contributed by atoms with E-state index in [0.717, 1.165) is 6.42 Å². The van der Waals surface area contributed by atoms with Crippen molar-refractivity contribution in [2.45, 2.75) is 19.0 Å². The van der Waals surface area contributed by atoms with Crippen molar-refractivity contribution in [1.82, 2.24) is 29.7 Å². The molecule has 1 saturated heterocycles. The third kappa shape index (κ3) is 4.81. The highest BCUT2D eigenvalue weighted by atomic mass is 35.5. The minimum Gasteiger partial charge on any atom is -0.496 e. The van der Waals surface area contributed by atoms with Crippen LogP contribution in [0.15, 0.2) is 49.1 Å². The molecular formula is C23H22ClN7O4. The van der Waals surface area contributed by atoms with Crippen molar-refractivity contribution in [2.24, 2.45) is 0 Å². The molecule has 12 heteroatoms. The van der Waals surface area contributed by atoms with Crippen LogP contribution >= 0.6 is 11.6 Å². The largest absolute Gasteiger partial charge is 0.496 e. The monoisotopic (exact) mass is 495 g/mol. The number of nitrogens with zero attached hydrogens (tertiary/aromatic N) is 5. The van der Waals surface area contributed by atoms with Crippen molar-refractivity contribution in [1.29, 1.82) is 0 Å². The van der Waals surface area contributed by atoms with Gasteiger partial charge in [-0.05, 0) is 30.7 Å². The highest BCUT2D eigenvalue weighted by Gasteiger charge is 2.22. The number of nitrogens with one attached hydrogen (secondary N) is 2. The van der Waals surface area contributed by atoms with Crippen molar-refractivity contribution >= 4 is 34.7 Å². The second kappa shape index (κ2) is 9.72. The minimum atomic E-state index is -0.423. The summed E-state index contributed by atoms with van der Waals surface area (Å²) in [7, 11) is 1.53. The summed E-state index contributed by atoms with van der Waals surface area (Å²) in [5.41, 5.74) is 2.05. The Morgan fingerprint density at radius 1 is 1.34 bits per heavy atom. The lowest BCUT2D eigenvalue weighted by molar-refractivity contribution is -0.122. The van der Waals surface area contributed by atoms with E-state index in [-0.39, 0.29) is 18.5 Å². The molecule has 11 nitrogen and oxygen atoms in total. The molecule has 3 aromatic heterocycles. The Bertz CT molecular complexity index is 1390. The van der Waals surface area contributed by atoms with Crippen molar-refractivity contribution < 1.29 is 19.1 Å². The number of amides is 2. The van der Waals surface area contributed by atoms with Crippen LogP contribution in [0.4, 0.5) is 5.69 Å². The van der Waals surface area contributed by atoms with Crippen LogP contribution < -0.4 is 15.4 Å². The van der Waals surface area contributed by atoms with Gasteiger partial charge in [0.2, 0.25) is 5.91 Å². The van der Waals surface area contributed by atoms with E-state index >= 15 is 0 Å². The van der Waals surface area contributed by atoms with Gasteiger partial charge in [-0.25, -0.2) is 9.50 Å². The van der Waals surface area contributed by atoms with Gasteiger partial charge in [-0.2, -0.15) is 10.2 Å². The molecule has 0 aliphatic carbocycles. The van der Waals surface area contributed by atoms with Crippen molar-refractivity contribution in [3.05, 3.63) is 59.6 Å². The van der Waals surface area contributed by atoms with Crippen molar-refractivity contribution in [3.8, 4) is 17.0 Å². The fourth-order valence-corrected chi connectivity index (χ4v) is 4.08. The average Bonchev–Trinajstić information content (AvgIpc) is 3.59. The number of ether oxygens (including phenoxy) is 2. The molecule has 35 heavy (non-hydrogen) atoms. The minimum absolute atomic E-state index is 0.0205. The lowest BCUT2D eigenvalue weighted by atomic mass is 10.1. The number of anilines is 1. The van der Waals surface area contributed by atoms with E-state index in [1.165, 1.54) is 22.5 Å². The van der Waals surface area contributed by atoms with Gasteiger partial charge in [-0.3, -0.25) is 14.3 Å². The van der Waals surface area contributed by atoms with E-state index < -0.39 is 5.91 Å². The number of carbonyl (C=O) groups is 2. The van der Waals surface area contributed by atoms with E-state index in [0.29, 0.717) is 52.1 Å². The summed E-state index contributed by atoms with van der Waals surface area (Å²) in [6.07, 6.45) is 7.09. The summed E-state index contributed by atoms with van der Waals surface area (Å²) in [5.74, 6) is -0.120. The first-order valence-corrected chi connectivity index (χ1v) is 11.3. The Morgan fingerprint density at radius 3 is 3.03 bits per heavy atom. The van der Waals surface area contributed by atoms with Crippen LogP contribution in [0.2, 0.25) is 5.02 Å². The molecule has 1 atom stereocenters. The van der Waals surface area contributed by atoms with Gasteiger partial charge in [-0.1, -0.05) is 11.6 Å². The molecule has 1 unspecified atom stereocenters. The molecule has 5 rings (SSSR count). The van der Waals surface area contributed by atoms with Gasteiger partial charge in [0.25, 0.3) is 5.91 Å². The van der Waals surface area contributed by atoms with Crippen LogP contribution in [-0.4, -0.2) is 62.6 Å². The van der Waals surface area contributed by atoms with E-state index in [1.54, 1.807) is 42.9 Å². The molecule has 0 bridgehead atoms. The maximum absolute atomic E-state index is 13.2. The molecule has 2 N–H and O–H groups in total. The number of carbonyl (C=O) groups excluding carboxylic acids is 2. The van der Waals surface area contributed by atoms with Gasteiger partial charge in [0.05, 0.1) is 31.6 Å². The predicted octanol–water partition coefficient (Wildman–Crippen LogP) is 2.41. The van der Waals surface area contributed by atoms with Crippen LogP contribution in [0.3, 0.4) is 0 Å². The first-order chi connectivity index (χ1) is 17.0. The van der Waals surface area contributed by atoms with Crippen LogP contribution in [0.25, 0.3) is 16.9 Å². The Hall–Kier alpha value is -3.96. The molecule has 2 amide bonds. The quantitative estimate of drug-likeness (QED) is 0.403. The second-order valence-electron chi connectivity index (χ2n) is 7.96. The summed E-state index contributed by atoms with van der Waals surface area (Å²) in [5, 5.41) is 15.0. The molecule has 0 saturated carbocycles. The van der Waals surface area contributed by atoms with Gasteiger partial charge in [0.1, 0.15) is 23.6 Å². The molecule has 0 radical (unpaired) electrons. The fourth-order valence-electron chi connectivity index (χ4n) is 3.90. The number of rotatable bonds is 7. The first kappa shape index (κ1) is 22.8. The maximum Gasteiger partial charge on any atom is 0.261 e. The number of halogens is 1. The zero-order chi connectivity index (χ0) is 24.4. The van der Waals surface area contributed by atoms with Crippen LogP contribution in [-0.2, 0) is 16.1 Å². The topological polar surface area (TPSA) is 125 Å². The number of hydrogen-bond acceptors (Lipinski definition) is 7. The normalized spacial score (nSPS) is 15.3. The van der Waals surface area contributed by atoms with Gasteiger partial charge in [-0.15, -0.1) is 0 Å². The number of hydrogen-bond donors (Lipinski definition) is 2. The van der Waals surface area contributed by atoms with Crippen LogP contribution in [0.5, 0.6) is 5.75 Å². The lowest BCUT2D eigenvalue weighted by Gasteiger charge is -2.10. The van der Waals surface area contributed by atoms with E-state index in [4.69, 9.17) is 21.1 Å². The fraction of sp³-hybridized carbons (Fsp3) is 0.261. The lowest BCUT2D eigenvalue weighted by Crippen LogP contribution is -2.37. The number of aromatic nitrogens is 5. The highest BCUT2D eigenvalue weighted by Crippen LogP contribution is 2.36. The summed E-state index contributed by atoms with van der Waals surface area (Å²) >= 11 is 6.24. The summed E-state index contributed by atoms with van der Waals surface area (Å²) < 4.78 is 13.8. The number of benzene rings is 1. The SMILES string of the molecule is COc1ccc(Cl)cc1-c1nn(CC(=O)NC2CCOC2)cc1NC(=O)c1cnn2cccnc12. The number of fused-ring (bicyclic) bond motifs is 1. The van der Waals surface area contributed by atoms with Gasteiger partial charge in [0.15, 0.2) is 5.65 Å². The highest BCUT2D eigenvalue weighted by molar-refractivity contribution is 6.31. The molecular weight excluding hydrogens is 474 g/mol. The Labute approximate surface area is 205 Å². The maximum atomic E-state index is 13.2. The van der Waals surface area contributed by atoms with Gasteiger partial charge >= 0.3 is 0 Å². The molecule has 1 fully saturated rings. The standard InChI is InChI=1S/C23H22ClN7O4/c1-34-19-4-3-14(24)9-16(19)21-18(11-30(29-21)12-20(32)27-15-5-8-35-13-15)28-23(33)17-10-26-31-7-2-6-25-22(17)31/h2-4,6-7,9-11,15H,5,8,12-13H2,1H3,(H,27,32)(H,28,33). The summed E-state index contributed by atoms with van der Waals surface area (Å²) in [6, 6.07) is 6.80. The van der Waals surface area contributed by atoms with Crippen LogP contribution in [0, 0.1) is 0 Å². The van der Waals surface area contributed by atoms with Crippen molar-refractivity contribution in [3.63, 3.8) is 0 Å². The Balaban J connectivity index is 1.47. The predicted molar refractivity (Wildman–Crippen MR) is 128 cm³/mol. The average molecular weight is 496 g/mol. The van der Waals surface area contributed by atoms with E-state index in [2.05, 4.69) is 25.8 Å². The summed E-state index contributed by atoms with van der Waals surface area (Å²) in [6.45, 7) is 1.07. The molecule has 1 aliphatic heterocycles. The Kier molecular flexibility index (Phi) is 6.34. The van der Waals surface area contributed by atoms with Gasteiger partial charge in [0, 0.05) is 35.8 Å². The van der Waals surface area contributed by atoms with Crippen LogP contribution in [0.1, 0.15) is 16.8 Å². The first-order valence-electron chi connectivity index (χ1n) is 10.9. The summed E-state index contributed by atoms with van der Waals surface area (Å²) in [4.78, 5) is 30.0. The third-order valence-electron chi connectivity index (χ3n) is 5.55. The number of methoxy groups -OCH3 is 1. The molecule has 1 aliphatic rings. The molecule has 1 aromatic carbocycles.